The second-order valence-electron chi connectivity index (χ2n) is 5.86. The zero-order valence-electron chi connectivity index (χ0n) is 14.2. The first-order chi connectivity index (χ1) is 13.0. The molecule has 8 nitrogen and oxygen atoms in total. The maximum absolute atomic E-state index is 10.9. The second kappa shape index (κ2) is 6.65. The molecule has 0 saturated carbocycles. The Morgan fingerprint density at radius 3 is 2.59 bits per heavy atom. The van der Waals surface area contributed by atoms with Crippen LogP contribution in [0, 0.1) is 17.0 Å². The van der Waals surface area contributed by atoms with Gasteiger partial charge >= 0.3 is 0 Å². The van der Waals surface area contributed by atoms with Gasteiger partial charge in [0.2, 0.25) is 0 Å². The highest BCUT2D eigenvalue weighted by Gasteiger charge is 2.15. The van der Waals surface area contributed by atoms with Crippen LogP contribution < -0.4 is 0 Å². The number of nitrogens with zero attached hydrogens (tertiary/aromatic N) is 6. The van der Waals surface area contributed by atoms with Gasteiger partial charge in [0.05, 0.1) is 21.8 Å². The van der Waals surface area contributed by atoms with E-state index in [9.17, 15) is 10.1 Å². The zero-order valence-corrected chi connectivity index (χ0v) is 14.9. The summed E-state index contributed by atoms with van der Waals surface area (Å²) in [5, 5.41) is 24.0. The molecule has 9 heteroatoms. The third-order valence-corrected chi connectivity index (χ3v) is 4.35. The maximum Gasteiger partial charge on any atom is 0.271 e. The lowest BCUT2D eigenvalue weighted by Gasteiger charge is -2.06. The molecule has 0 aliphatic carbocycles. The minimum atomic E-state index is -0.489. The van der Waals surface area contributed by atoms with Gasteiger partial charge in [-0.1, -0.05) is 47.1 Å². The number of aromatic nitrogens is 5. The fourth-order valence-corrected chi connectivity index (χ4v) is 2.97. The van der Waals surface area contributed by atoms with E-state index in [-0.39, 0.29) is 10.7 Å². The van der Waals surface area contributed by atoms with Gasteiger partial charge in [-0.15, -0.1) is 10.2 Å². The van der Waals surface area contributed by atoms with Crippen LogP contribution in [0.5, 0.6) is 0 Å². The molecular weight excluding hydrogens is 368 g/mol. The van der Waals surface area contributed by atoms with Crippen LogP contribution in [0.4, 0.5) is 5.69 Å². The molecule has 0 saturated heterocycles. The van der Waals surface area contributed by atoms with Gasteiger partial charge in [0.15, 0.2) is 5.82 Å². The van der Waals surface area contributed by atoms with E-state index in [4.69, 9.17) is 11.6 Å². The molecule has 4 rings (SSSR count). The van der Waals surface area contributed by atoms with Gasteiger partial charge in [0.1, 0.15) is 5.69 Å². The van der Waals surface area contributed by atoms with Gasteiger partial charge in [0.25, 0.3) is 5.69 Å². The molecule has 0 unspecified atom stereocenters. The molecule has 0 N–H and O–H groups in total. The number of benzene rings is 2. The molecule has 0 radical (unpaired) electrons. The van der Waals surface area contributed by atoms with Crippen molar-refractivity contribution in [1.29, 1.82) is 0 Å². The van der Waals surface area contributed by atoms with Gasteiger partial charge in [-0.2, -0.15) is 4.68 Å². The third kappa shape index (κ3) is 3.18. The molecule has 4 aromatic rings. The van der Waals surface area contributed by atoms with Gasteiger partial charge < -0.3 is 0 Å². The summed E-state index contributed by atoms with van der Waals surface area (Å²) in [7, 11) is 0. The Morgan fingerprint density at radius 2 is 1.89 bits per heavy atom. The SMILES string of the molecule is Cc1cc(-n2cc(-c3ccccc3)nn2)nn1-c1ccc([N+](=O)[O-])cc1Cl. The number of rotatable bonds is 4. The van der Waals surface area contributed by atoms with Crippen LogP contribution in [0.25, 0.3) is 22.8 Å². The molecule has 27 heavy (non-hydrogen) atoms. The Labute approximate surface area is 158 Å². The molecule has 0 fully saturated rings. The Hall–Kier alpha value is -3.52. The molecule has 0 aliphatic heterocycles. The first kappa shape index (κ1) is 16.9. The number of hydrogen-bond donors (Lipinski definition) is 0. The van der Waals surface area contributed by atoms with Crippen LogP contribution in [0.15, 0.2) is 60.8 Å². The molecule has 0 bridgehead atoms. The van der Waals surface area contributed by atoms with Crippen LogP contribution in [0.1, 0.15) is 5.69 Å². The minimum absolute atomic E-state index is 0.0717. The molecule has 0 amide bonds. The quantitative estimate of drug-likeness (QED) is 0.394. The summed E-state index contributed by atoms with van der Waals surface area (Å²) >= 11 is 6.22. The summed E-state index contributed by atoms with van der Waals surface area (Å²) < 4.78 is 3.19. The predicted molar refractivity (Wildman–Crippen MR) is 100 cm³/mol. The van der Waals surface area contributed by atoms with E-state index in [0.717, 1.165) is 17.0 Å². The largest absolute Gasteiger partial charge is 0.271 e. The number of hydrogen-bond acceptors (Lipinski definition) is 5. The fraction of sp³-hybridized carbons (Fsp3) is 0.0556. The third-order valence-electron chi connectivity index (χ3n) is 4.04. The number of nitro groups is 1. The van der Waals surface area contributed by atoms with Crippen molar-refractivity contribution >= 4 is 17.3 Å². The smallest absolute Gasteiger partial charge is 0.258 e. The molecular formula is C18H13ClN6O2. The number of nitro benzene ring substituents is 1. The van der Waals surface area contributed by atoms with Gasteiger partial charge in [-0.25, -0.2) is 4.68 Å². The summed E-state index contributed by atoms with van der Waals surface area (Å²) in [6.07, 6.45) is 1.79. The van der Waals surface area contributed by atoms with E-state index >= 15 is 0 Å². The maximum atomic E-state index is 10.9. The standard InChI is InChI=1S/C18H13ClN6O2/c1-12-9-18(23-11-16(20-22-23)13-5-3-2-4-6-13)21-24(12)17-8-7-14(25(26)27)10-15(17)19/h2-11H,1H3. The molecule has 0 atom stereocenters. The van der Waals surface area contributed by atoms with Crippen LogP contribution in [0.2, 0.25) is 5.02 Å². The van der Waals surface area contributed by atoms with Gasteiger partial charge in [-0.3, -0.25) is 10.1 Å². The highest BCUT2D eigenvalue weighted by atomic mass is 35.5. The number of non-ortho nitro benzene ring substituents is 1. The lowest BCUT2D eigenvalue weighted by molar-refractivity contribution is -0.384. The average molecular weight is 381 g/mol. The van der Waals surface area contributed by atoms with Crippen molar-refractivity contribution in [3.63, 3.8) is 0 Å². The van der Waals surface area contributed by atoms with Crippen LogP contribution >= 0.6 is 11.6 Å². The molecule has 2 aromatic heterocycles. The van der Waals surface area contributed by atoms with Crippen molar-refractivity contribution in [2.75, 3.05) is 0 Å². The predicted octanol–water partition coefficient (Wildman–Crippen LogP) is 3.99. The summed E-state index contributed by atoms with van der Waals surface area (Å²) in [4.78, 5) is 10.4. The van der Waals surface area contributed by atoms with E-state index in [1.807, 2.05) is 43.3 Å². The van der Waals surface area contributed by atoms with Crippen molar-refractivity contribution in [3.8, 4) is 22.8 Å². The van der Waals surface area contributed by atoms with Crippen LogP contribution in [-0.2, 0) is 0 Å². The average Bonchev–Trinajstić information content (AvgIpc) is 3.29. The Morgan fingerprint density at radius 1 is 1.11 bits per heavy atom. The molecule has 0 aliphatic rings. The molecule has 2 heterocycles. The Balaban J connectivity index is 1.70. The summed E-state index contributed by atoms with van der Waals surface area (Å²) in [6.45, 7) is 1.86. The number of aryl methyl sites for hydroxylation is 1. The summed E-state index contributed by atoms with van der Waals surface area (Å²) in [5.74, 6) is 0.566. The van der Waals surface area contributed by atoms with Gasteiger partial charge in [-0.05, 0) is 13.0 Å². The van der Waals surface area contributed by atoms with Crippen molar-refractivity contribution < 1.29 is 4.92 Å². The van der Waals surface area contributed by atoms with E-state index in [1.54, 1.807) is 21.6 Å². The molecule has 0 spiro atoms. The highest BCUT2D eigenvalue weighted by Crippen LogP contribution is 2.27. The van der Waals surface area contributed by atoms with Crippen molar-refractivity contribution in [2.24, 2.45) is 0 Å². The van der Waals surface area contributed by atoms with Crippen molar-refractivity contribution in [2.45, 2.75) is 6.92 Å². The Bertz CT molecular complexity index is 1140. The minimum Gasteiger partial charge on any atom is -0.258 e. The normalized spacial score (nSPS) is 10.9. The topological polar surface area (TPSA) is 91.7 Å². The van der Waals surface area contributed by atoms with E-state index in [1.165, 1.54) is 12.1 Å². The monoisotopic (exact) mass is 380 g/mol. The summed E-state index contributed by atoms with van der Waals surface area (Å²) in [6, 6.07) is 15.8. The van der Waals surface area contributed by atoms with Crippen LogP contribution in [-0.4, -0.2) is 29.7 Å². The van der Waals surface area contributed by atoms with Gasteiger partial charge in [0, 0.05) is 29.5 Å². The summed E-state index contributed by atoms with van der Waals surface area (Å²) in [5.41, 5.74) is 2.97. The zero-order chi connectivity index (χ0) is 19.0. The first-order valence-corrected chi connectivity index (χ1v) is 8.40. The van der Waals surface area contributed by atoms with Crippen molar-refractivity contribution in [3.05, 3.63) is 81.6 Å². The van der Waals surface area contributed by atoms with Crippen LogP contribution in [0.3, 0.4) is 0 Å². The molecule has 134 valence electrons. The number of halogens is 1. The first-order valence-electron chi connectivity index (χ1n) is 8.02. The molecule has 2 aromatic carbocycles. The fourth-order valence-electron chi connectivity index (χ4n) is 2.71. The van der Waals surface area contributed by atoms with E-state index in [2.05, 4.69) is 15.4 Å². The second-order valence-corrected chi connectivity index (χ2v) is 6.27. The lowest BCUT2D eigenvalue weighted by Crippen LogP contribution is -2.02. The van der Waals surface area contributed by atoms with E-state index in [0.29, 0.717) is 11.5 Å². The highest BCUT2D eigenvalue weighted by molar-refractivity contribution is 6.32. The Kier molecular flexibility index (Phi) is 4.17. The van der Waals surface area contributed by atoms with E-state index < -0.39 is 4.92 Å². The van der Waals surface area contributed by atoms with Crippen molar-refractivity contribution in [1.82, 2.24) is 24.8 Å². The lowest BCUT2D eigenvalue weighted by atomic mass is 10.2.